The van der Waals surface area contributed by atoms with Gasteiger partial charge in [0.05, 0.1) is 49.3 Å². The number of hydrogen-bond donors (Lipinski definition) is 0. The molecule has 0 spiro atoms. The molecule has 0 N–H and O–H groups in total. The molecular formula is C31H24FN3O5S. The Hall–Kier alpha value is -4.83. The number of carbonyl (C=O) groups excluding carboxylic acids is 2. The fourth-order valence-corrected chi connectivity index (χ4v) is 6.41. The number of ether oxygens (including phenoxy) is 2. The third-order valence-corrected chi connectivity index (χ3v) is 8.29. The number of nitrogens with zero attached hydrogens (tertiary/aromatic N) is 3. The summed E-state index contributed by atoms with van der Waals surface area (Å²) in [6, 6.07) is 19.5. The zero-order chi connectivity index (χ0) is 28.8. The maximum absolute atomic E-state index is 14.2. The van der Waals surface area contributed by atoms with Crippen molar-refractivity contribution in [3.63, 3.8) is 0 Å². The van der Waals surface area contributed by atoms with Gasteiger partial charge in [0.15, 0.2) is 4.80 Å². The number of rotatable bonds is 5. The van der Waals surface area contributed by atoms with Crippen LogP contribution in [0.15, 0.2) is 93.9 Å². The highest BCUT2D eigenvalue weighted by molar-refractivity contribution is 7.07. The van der Waals surface area contributed by atoms with Crippen LogP contribution in [-0.2, 0) is 20.9 Å². The van der Waals surface area contributed by atoms with Crippen LogP contribution < -0.4 is 24.5 Å². The average molecular weight is 570 g/mol. The number of methoxy groups -OCH3 is 2. The SMILES string of the molecule is COC(=O)C1=C(C)N=c2s/c(=C3\C(=O)N(Cc4ccc(F)cc4)c4ccccc43)c(=O)n2[C@@H]1c1ccc(OC)cc1. The Morgan fingerprint density at radius 3 is 2.39 bits per heavy atom. The molecule has 41 heavy (non-hydrogen) atoms. The van der Waals surface area contributed by atoms with Crippen molar-refractivity contribution in [1.82, 2.24) is 4.57 Å². The van der Waals surface area contributed by atoms with Crippen molar-refractivity contribution in [3.8, 4) is 5.75 Å². The van der Waals surface area contributed by atoms with E-state index in [-0.39, 0.29) is 33.9 Å². The van der Waals surface area contributed by atoms with E-state index in [1.54, 1.807) is 61.4 Å². The Kier molecular flexibility index (Phi) is 6.63. The summed E-state index contributed by atoms with van der Waals surface area (Å²) in [4.78, 5) is 47.7. The first-order chi connectivity index (χ1) is 19.8. The lowest BCUT2D eigenvalue weighted by Gasteiger charge is -2.24. The van der Waals surface area contributed by atoms with Gasteiger partial charge in [0.1, 0.15) is 16.1 Å². The first-order valence-corrected chi connectivity index (χ1v) is 13.6. The van der Waals surface area contributed by atoms with Gasteiger partial charge < -0.3 is 14.4 Å². The highest BCUT2D eigenvalue weighted by Crippen LogP contribution is 2.37. The Bertz CT molecular complexity index is 1920. The van der Waals surface area contributed by atoms with E-state index in [1.807, 2.05) is 18.2 Å². The number of amides is 1. The number of esters is 1. The van der Waals surface area contributed by atoms with Crippen molar-refractivity contribution in [3.05, 3.63) is 126 Å². The molecule has 2 aliphatic heterocycles. The van der Waals surface area contributed by atoms with Crippen molar-refractivity contribution < 1.29 is 23.5 Å². The molecule has 6 rings (SSSR count). The number of hydrogen-bond acceptors (Lipinski definition) is 7. The van der Waals surface area contributed by atoms with E-state index < -0.39 is 17.6 Å². The van der Waals surface area contributed by atoms with E-state index in [4.69, 9.17) is 9.47 Å². The standard InChI is InChI=1S/C31H24FN3O5S/c1-17-24(30(38)40-3)26(19-10-14-21(39-2)15-11-19)35-29(37)27(41-31(35)33-17)25-22-6-4-5-7-23(22)34(28(25)36)16-18-8-12-20(32)13-9-18/h4-15,26H,16H2,1-3H3/b27-25-/t26-/m1/s1. The van der Waals surface area contributed by atoms with Crippen molar-refractivity contribution in [1.29, 1.82) is 0 Å². The number of anilines is 1. The maximum Gasteiger partial charge on any atom is 0.338 e. The molecule has 0 saturated carbocycles. The Labute approximate surface area is 237 Å². The highest BCUT2D eigenvalue weighted by atomic mass is 32.1. The first kappa shape index (κ1) is 26.4. The van der Waals surface area contributed by atoms with E-state index in [0.717, 1.165) is 16.9 Å². The molecule has 0 radical (unpaired) electrons. The lowest BCUT2D eigenvalue weighted by molar-refractivity contribution is -0.136. The predicted molar refractivity (Wildman–Crippen MR) is 152 cm³/mol. The van der Waals surface area contributed by atoms with Crippen molar-refractivity contribution in [2.45, 2.75) is 19.5 Å². The van der Waals surface area contributed by atoms with Crippen molar-refractivity contribution in [2.24, 2.45) is 4.99 Å². The van der Waals surface area contributed by atoms with E-state index in [2.05, 4.69) is 4.99 Å². The van der Waals surface area contributed by atoms with Crippen LogP contribution >= 0.6 is 11.3 Å². The topological polar surface area (TPSA) is 90.2 Å². The number of allylic oxidation sites excluding steroid dienone is 1. The van der Waals surface area contributed by atoms with E-state index in [9.17, 15) is 18.8 Å². The van der Waals surface area contributed by atoms with Crippen LogP contribution in [0, 0.1) is 5.82 Å². The molecule has 1 aromatic heterocycles. The third kappa shape index (κ3) is 4.36. The number of thiazole rings is 1. The van der Waals surface area contributed by atoms with Gasteiger partial charge in [-0.3, -0.25) is 14.2 Å². The second-order valence-electron chi connectivity index (χ2n) is 9.58. The van der Waals surface area contributed by atoms with Crippen molar-refractivity contribution in [2.75, 3.05) is 19.1 Å². The Morgan fingerprint density at radius 2 is 1.71 bits per heavy atom. The lowest BCUT2D eigenvalue weighted by Crippen LogP contribution is -2.40. The monoisotopic (exact) mass is 569 g/mol. The molecule has 4 aromatic rings. The molecule has 0 bridgehead atoms. The lowest BCUT2D eigenvalue weighted by atomic mass is 9.96. The summed E-state index contributed by atoms with van der Waals surface area (Å²) in [6.07, 6.45) is 0. The molecule has 206 valence electrons. The second-order valence-corrected chi connectivity index (χ2v) is 10.6. The van der Waals surface area contributed by atoms with Gasteiger partial charge in [-0.2, -0.15) is 0 Å². The molecule has 3 aromatic carbocycles. The molecule has 1 amide bonds. The number of halogens is 1. The third-order valence-electron chi connectivity index (χ3n) is 7.24. The normalized spacial score (nSPS) is 17.2. The van der Waals surface area contributed by atoms with Gasteiger partial charge in [-0.25, -0.2) is 14.2 Å². The number of fused-ring (bicyclic) bond motifs is 2. The molecule has 8 nitrogen and oxygen atoms in total. The van der Waals surface area contributed by atoms with Crippen LogP contribution in [-0.4, -0.2) is 30.7 Å². The summed E-state index contributed by atoms with van der Waals surface area (Å²) < 4.78 is 25.5. The molecule has 1 atom stereocenters. The van der Waals surface area contributed by atoms with E-state index in [0.29, 0.717) is 33.1 Å². The minimum Gasteiger partial charge on any atom is -0.497 e. The predicted octanol–water partition coefficient (Wildman–Crippen LogP) is 3.47. The minimum absolute atomic E-state index is 0.206. The molecule has 2 aliphatic rings. The van der Waals surface area contributed by atoms with Gasteiger partial charge in [-0.1, -0.05) is 53.8 Å². The zero-order valence-corrected chi connectivity index (χ0v) is 23.2. The summed E-state index contributed by atoms with van der Waals surface area (Å²) in [5.74, 6) is -0.682. The molecule has 3 heterocycles. The number of para-hydroxylation sites is 1. The molecule has 0 fully saturated rings. The number of aromatic nitrogens is 1. The fraction of sp³-hybridized carbons (Fsp3) is 0.161. The van der Waals surface area contributed by atoms with Crippen LogP contribution in [0.3, 0.4) is 0 Å². The summed E-state index contributed by atoms with van der Waals surface area (Å²) >= 11 is 1.11. The van der Waals surface area contributed by atoms with Crippen LogP contribution in [0.5, 0.6) is 5.75 Å². The van der Waals surface area contributed by atoms with Gasteiger partial charge in [-0.15, -0.1) is 0 Å². The number of carbonyl (C=O) groups is 2. The van der Waals surface area contributed by atoms with Crippen LogP contribution in [0.2, 0.25) is 0 Å². The summed E-state index contributed by atoms with van der Waals surface area (Å²) in [5, 5.41) is 0. The van der Waals surface area contributed by atoms with Crippen molar-refractivity contribution >= 4 is 34.5 Å². The summed E-state index contributed by atoms with van der Waals surface area (Å²) in [5.41, 5.74) is 3.16. The average Bonchev–Trinajstić information content (AvgIpc) is 3.45. The second kappa shape index (κ2) is 10.3. The highest BCUT2D eigenvalue weighted by Gasteiger charge is 2.37. The molecule has 0 aliphatic carbocycles. The van der Waals surface area contributed by atoms with Crippen LogP contribution in [0.25, 0.3) is 5.57 Å². The largest absolute Gasteiger partial charge is 0.497 e. The summed E-state index contributed by atoms with van der Waals surface area (Å²) in [7, 11) is 2.84. The van der Waals surface area contributed by atoms with Gasteiger partial charge in [0.25, 0.3) is 11.5 Å². The smallest absolute Gasteiger partial charge is 0.338 e. The Morgan fingerprint density at radius 1 is 1.00 bits per heavy atom. The molecule has 0 saturated heterocycles. The zero-order valence-electron chi connectivity index (χ0n) is 22.4. The molecule has 0 unspecified atom stereocenters. The van der Waals surface area contributed by atoms with Crippen LogP contribution in [0.4, 0.5) is 10.1 Å². The maximum atomic E-state index is 14.2. The molecule has 10 heteroatoms. The quantitative estimate of drug-likeness (QED) is 0.344. The minimum atomic E-state index is -0.818. The van der Waals surface area contributed by atoms with Gasteiger partial charge in [-0.05, 0) is 48.4 Å². The summed E-state index contributed by atoms with van der Waals surface area (Å²) in [6.45, 7) is 1.90. The van der Waals surface area contributed by atoms with Gasteiger partial charge in [0.2, 0.25) is 0 Å². The van der Waals surface area contributed by atoms with Gasteiger partial charge >= 0.3 is 5.97 Å². The van der Waals surface area contributed by atoms with Gasteiger partial charge in [0, 0.05) is 5.56 Å². The Balaban J connectivity index is 1.56. The molecular weight excluding hydrogens is 545 g/mol. The van der Waals surface area contributed by atoms with E-state index >= 15 is 0 Å². The fourth-order valence-electron chi connectivity index (χ4n) is 5.27. The van der Waals surface area contributed by atoms with E-state index in [1.165, 1.54) is 23.8 Å². The number of benzene rings is 3. The first-order valence-electron chi connectivity index (χ1n) is 12.8. The van der Waals surface area contributed by atoms with Crippen LogP contribution in [0.1, 0.15) is 29.7 Å².